The fourth-order valence-corrected chi connectivity index (χ4v) is 2.51. The number of rotatable bonds is 2. The molecule has 0 unspecified atom stereocenters. The number of aromatic nitrogens is 2. The highest BCUT2D eigenvalue weighted by atomic mass is 35.5. The van der Waals surface area contributed by atoms with E-state index in [0.717, 1.165) is 28.4 Å². The van der Waals surface area contributed by atoms with Gasteiger partial charge in [-0.25, -0.2) is 0 Å². The summed E-state index contributed by atoms with van der Waals surface area (Å²) in [7, 11) is 0. The number of hydrogen-bond donors (Lipinski definition) is 1. The van der Waals surface area contributed by atoms with Gasteiger partial charge in [-0.3, -0.25) is 9.78 Å². The average Bonchev–Trinajstić information content (AvgIpc) is 2.84. The minimum atomic E-state index is 0.558. The topological polar surface area (TPSA) is 45.8 Å². The monoisotopic (exact) mass is 270 g/mol. The van der Waals surface area contributed by atoms with Crippen molar-refractivity contribution >= 4 is 28.8 Å². The van der Waals surface area contributed by atoms with E-state index in [1.165, 1.54) is 0 Å². The number of halogens is 1. The van der Waals surface area contributed by atoms with E-state index >= 15 is 0 Å². The lowest BCUT2D eigenvalue weighted by Crippen LogP contribution is -1.87. The Balaban J connectivity index is 2.42. The molecule has 0 aliphatic rings. The molecule has 0 fully saturated rings. The summed E-state index contributed by atoms with van der Waals surface area (Å²) >= 11 is 6.21. The Morgan fingerprint density at radius 1 is 1.26 bits per heavy atom. The Kier molecular flexibility index (Phi) is 2.84. The number of aryl methyl sites for hydroxylation is 1. The van der Waals surface area contributed by atoms with E-state index in [0.29, 0.717) is 16.3 Å². The third kappa shape index (κ3) is 1.83. The van der Waals surface area contributed by atoms with Crippen molar-refractivity contribution in [3.8, 4) is 11.4 Å². The van der Waals surface area contributed by atoms with Crippen molar-refractivity contribution in [2.75, 3.05) is 0 Å². The lowest BCUT2D eigenvalue weighted by atomic mass is 10.1. The van der Waals surface area contributed by atoms with Crippen LogP contribution < -0.4 is 0 Å². The third-order valence-electron chi connectivity index (χ3n) is 3.19. The van der Waals surface area contributed by atoms with Gasteiger partial charge in [-0.1, -0.05) is 23.7 Å². The van der Waals surface area contributed by atoms with Crippen LogP contribution >= 0.6 is 11.6 Å². The standard InChI is InChI=1S/C15H11ClN2O/c1-9-5-6-11(16)13-10(8-19)15(18-14(9)13)12-4-2-3-7-17-12/h2-8,18H,1H3. The van der Waals surface area contributed by atoms with Gasteiger partial charge in [0.1, 0.15) is 0 Å². The minimum absolute atomic E-state index is 0.558. The number of benzene rings is 1. The van der Waals surface area contributed by atoms with Gasteiger partial charge in [0.25, 0.3) is 0 Å². The number of fused-ring (bicyclic) bond motifs is 1. The molecular formula is C15H11ClN2O. The summed E-state index contributed by atoms with van der Waals surface area (Å²) in [4.78, 5) is 19.0. The largest absolute Gasteiger partial charge is 0.352 e. The molecule has 3 rings (SSSR count). The van der Waals surface area contributed by atoms with Crippen LogP contribution in [0.1, 0.15) is 15.9 Å². The molecule has 2 heterocycles. The molecule has 1 N–H and O–H groups in total. The molecule has 94 valence electrons. The first-order valence-corrected chi connectivity index (χ1v) is 6.27. The number of hydrogen-bond acceptors (Lipinski definition) is 2. The van der Waals surface area contributed by atoms with Crippen molar-refractivity contribution in [3.63, 3.8) is 0 Å². The van der Waals surface area contributed by atoms with E-state index in [4.69, 9.17) is 11.6 Å². The van der Waals surface area contributed by atoms with Crippen LogP contribution in [0.3, 0.4) is 0 Å². The first-order chi connectivity index (χ1) is 9.22. The minimum Gasteiger partial charge on any atom is -0.352 e. The normalized spacial score (nSPS) is 10.8. The summed E-state index contributed by atoms with van der Waals surface area (Å²) in [5.41, 5.74) is 3.93. The van der Waals surface area contributed by atoms with Crippen molar-refractivity contribution < 1.29 is 4.79 Å². The molecule has 0 spiro atoms. The maximum atomic E-state index is 11.4. The molecule has 0 saturated heterocycles. The van der Waals surface area contributed by atoms with Crippen molar-refractivity contribution in [2.24, 2.45) is 0 Å². The van der Waals surface area contributed by atoms with Gasteiger partial charge in [0.05, 0.1) is 27.5 Å². The molecule has 2 aromatic heterocycles. The molecule has 3 aromatic rings. The van der Waals surface area contributed by atoms with Gasteiger partial charge in [-0.2, -0.15) is 0 Å². The number of carbonyl (C=O) groups is 1. The zero-order valence-corrected chi connectivity index (χ0v) is 11.0. The number of nitrogens with one attached hydrogen (secondary N) is 1. The van der Waals surface area contributed by atoms with E-state index < -0.39 is 0 Å². The highest BCUT2D eigenvalue weighted by Gasteiger charge is 2.16. The summed E-state index contributed by atoms with van der Waals surface area (Å²) in [5, 5.41) is 1.33. The molecular weight excluding hydrogens is 260 g/mol. The Hall–Kier alpha value is -2.13. The van der Waals surface area contributed by atoms with E-state index in [9.17, 15) is 4.79 Å². The molecule has 0 aliphatic heterocycles. The van der Waals surface area contributed by atoms with E-state index in [-0.39, 0.29) is 0 Å². The summed E-state index contributed by atoms with van der Waals surface area (Å²) in [6.07, 6.45) is 2.53. The molecule has 0 bridgehead atoms. The van der Waals surface area contributed by atoms with Crippen molar-refractivity contribution in [1.82, 2.24) is 9.97 Å². The van der Waals surface area contributed by atoms with E-state index in [1.54, 1.807) is 6.20 Å². The fourth-order valence-electron chi connectivity index (χ4n) is 2.25. The Morgan fingerprint density at radius 2 is 2.11 bits per heavy atom. The SMILES string of the molecule is Cc1ccc(Cl)c2c(C=O)c(-c3ccccn3)[nH]c12. The number of carbonyl (C=O) groups excluding carboxylic acids is 1. The molecule has 0 radical (unpaired) electrons. The second-order valence-corrected chi connectivity index (χ2v) is 4.77. The molecule has 0 saturated carbocycles. The van der Waals surface area contributed by atoms with Crippen LogP contribution in [-0.4, -0.2) is 16.3 Å². The smallest absolute Gasteiger partial charge is 0.152 e. The summed E-state index contributed by atoms with van der Waals surface area (Å²) in [6.45, 7) is 1.98. The first kappa shape index (κ1) is 11.9. The summed E-state index contributed by atoms with van der Waals surface area (Å²) in [6, 6.07) is 9.32. The summed E-state index contributed by atoms with van der Waals surface area (Å²) in [5.74, 6) is 0. The fraction of sp³-hybridized carbons (Fsp3) is 0.0667. The highest BCUT2D eigenvalue weighted by Crippen LogP contribution is 2.34. The zero-order valence-electron chi connectivity index (χ0n) is 10.3. The van der Waals surface area contributed by atoms with Gasteiger partial charge in [-0.15, -0.1) is 0 Å². The predicted octanol–water partition coefficient (Wildman–Crippen LogP) is 4.00. The van der Waals surface area contributed by atoms with Gasteiger partial charge < -0.3 is 4.98 Å². The molecule has 1 aromatic carbocycles. The van der Waals surface area contributed by atoms with Crippen LogP contribution in [0, 0.1) is 6.92 Å². The molecule has 0 aliphatic carbocycles. The Labute approximate surface area is 115 Å². The maximum Gasteiger partial charge on any atom is 0.152 e. The number of nitrogens with zero attached hydrogens (tertiary/aromatic N) is 1. The molecule has 0 amide bonds. The van der Waals surface area contributed by atoms with Crippen LogP contribution in [0.5, 0.6) is 0 Å². The quantitative estimate of drug-likeness (QED) is 0.715. The Morgan fingerprint density at radius 3 is 2.79 bits per heavy atom. The van der Waals surface area contributed by atoms with Crippen LogP contribution in [0.2, 0.25) is 5.02 Å². The Bertz CT molecular complexity index is 763. The molecule has 0 atom stereocenters. The van der Waals surface area contributed by atoms with Crippen molar-refractivity contribution in [1.29, 1.82) is 0 Å². The number of pyridine rings is 1. The van der Waals surface area contributed by atoms with Gasteiger partial charge in [-0.05, 0) is 30.7 Å². The van der Waals surface area contributed by atoms with Gasteiger partial charge in [0, 0.05) is 11.6 Å². The van der Waals surface area contributed by atoms with Crippen molar-refractivity contribution in [3.05, 3.63) is 52.7 Å². The van der Waals surface area contributed by atoms with Crippen LogP contribution in [0.4, 0.5) is 0 Å². The lowest BCUT2D eigenvalue weighted by molar-refractivity contribution is 0.112. The summed E-state index contributed by atoms with van der Waals surface area (Å²) < 4.78 is 0. The lowest BCUT2D eigenvalue weighted by Gasteiger charge is -1.98. The van der Waals surface area contributed by atoms with Crippen LogP contribution in [0.15, 0.2) is 36.5 Å². The number of H-pyrrole nitrogens is 1. The van der Waals surface area contributed by atoms with Gasteiger partial charge in [0.2, 0.25) is 0 Å². The van der Waals surface area contributed by atoms with Crippen molar-refractivity contribution in [2.45, 2.75) is 6.92 Å². The van der Waals surface area contributed by atoms with E-state index in [1.807, 2.05) is 37.3 Å². The van der Waals surface area contributed by atoms with Crippen LogP contribution in [0.25, 0.3) is 22.3 Å². The number of aromatic amines is 1. The van der Waals surface area contributed by atoms with Crippen LogP contribution in [-0.2, 0) is 0 Å². The molecule has 19 heavy (non-hydrogen) atoms. The molecule has 4 heteroatoms. The zero-order chi connectivity index (χ0) is 13.4. The highest BCUT2D eigenvalue weighted by molar-refractivity contribution is 6.37. The first-order valence-electron chi connectivity index (χ1n) is 5.89. The second-order valence-electron chi connectivity index (χ2n) is 4.36. The molecule has 3 nitrogen and oxygen atoms in total. The predicted molar refractivity (Wildman–Crippen MR) is 76.7 cm³/mol. The number of aldehydes is 1. The third-order valence-corrected chi connectivity index (χ3v) is 3.51. The van der Waals surface area contributed by atoms with E-state index in [2.05, 4.69) is 9.97 Å². The maximum absolute atomic E-state index is 11.4. The van der Waals surface area contributed by atoms with Gasteiger partial charge >= 0.3 is 0 Å². The average molecular weight is 271 g/mol. The van der Waals surface area contributed by atoms with Gasteiger partial charge in [0.15, 0.2) is 6.29 Å². The second kappa shape index (κ2) is 4.52.